The number of halogens is 1. The number of rotatable bonds is 5. The molecule has 3 rings (SSSR count). The fraction of sp³-hybridized carbons (Fsp3) is 0.333. The van der Waals surface area contributed by atoms with Crippen molar-refractivity contribution in [3.05, 3.63) is 56.5 Å². The largest absolute Gasteiger partial charge is 0.464 e. The second kappa shape index (κ2) is 7.40. The third-order valence-corrected chi connectivity index (χ3v) is 4.52. The van der Waals surface area contributed by atoms with E-state index in [1.165, 1.54) is 15.5 Å². The lowest BCUT2D eigenvalue weighted by molar-refractivity contribution is -0.146. The number of aromatic nitrogens is 4. The van der Waals surface area contributed by atoms with Crippen LogP contribution in [0.3, 0.4) is 0 Å². The molecule has 0 aliphatic heterocycles. The molecule has 9 heteroatoms. The Balaban J connectivity index is 2.37. The molecule has 0 aliphatic carbocycles. The Kier molecular flexibility index (Phi) is 5.18. The predicted molar refractivity (Wildman–Crippen MR) is 102 cm³/mol. The molecular weight excluding hydrogens is 372 g/mol. The first-order valence-electron chi connectivity index (χ1n) is 8.55. The Labute approximate surface area is 159 Å². The van der Waals surface area contributed by atoms with E-state index in [-0.39, 0.29) is 24.3 Å². The van der Waals surface area contributed by atoms with Gasteiger partial charge in [0.2, 0.25) is 0 Å². The highest BCUT2D eigenvalue weighted by Crippen LogP contribution is 2.19. The summed E-state index contributed by atoms with van der Waals surface area (Å²) in [7, 11) is 0. The van der Waals surface area contributed by atoms with Crippen LogP contribution < -0.4 is 11.2 Å². The van der Waals surface area contributed by atoms with Crippen LogP contribution in [0.1, 0.15) is 26.8 Å². The SMILES string of the molecule is CCOC(=O)[C@@H](C)n1cnc2c1c(=O)n(CC)c(=O)n2-c1cccc(Cl)c1. The summed E-state index contributed by atoms with van der Waals surface area (Å²) in [6.07, 6.45) is 1.37. The molecule has 142 valence electrons. The monoisotopic (exact) mass is 390 g/mol. The van der Waals surface area contributed by atoms with Gasteiger partial charge in [0.25, 0.3) is 5.56 Å². The zero-order chi connectivity index (χ0) is 19.7. The van der Waals surface area contributed by atoms with Gasteiger partial charge in [-0.15, -0.1) is 0 Å². The molecule has 2 aromatic heterocycles. The lowest BCUT2D eigenvalue weighted by Crippen LogP contribution is -2.40. The molecule has 1 atom stereocenters. The van der Waals surface area contributed by atoms with Gasteiger partial charge >= 0.3 is 11.7 Å². The lowest BCUT2D eigenvalue weighted by atomic mass is 10.3. The Morgan fingerprint density at radius 2 is 2.04 bits per heavy atom. The maximum Gasteiger partial charge on any atom is 0.337 e. The molecule has 0 amide bonds. The minimum atomic E-state index is -0.765. The molecule has 0 radical (unpaired) electrons. The van der Waals surface area contributed by atoms with Crippen LogP contribution in [-0.4, -0.2) is 31.3 Å². The normalized spacial score (nSPS) is 12.3. The fourth-order valence-electron chi connectivity index (χ4n) is 2.94. The zero-order valence-corrected chi connectivity index (χ0v) is 15.9. The second-order valence-electron chi connectivity index (χ2n) is 5.90. The van der Waals surface area contributed by atoms with Crippen molar-refractivity contribution in [2.75, 3.05) is 6.61 Å². The number of hydrogen-bond acceptors (Lipinski definition) is 5. The van der Waals surface area contributed by atoms with Crippen LogP contribution in [0.25, 0.3) is 16.9 Å². The Bertz CT molecular complexity index is 1130. The van der Waals surface area contributed by atoms with Gasteiger partial charge in [0.05, 0.1) is 18.6 Å². The first kappa shape index (κ1) is 18.9. The number of carbonyl (C=O) groups is 1. The number of benzene rings is 1. The molecule has 2 heterocycles. The summed E-state index contributed by atoms with van der Waals surface area (Å²) in [5, 5.41) is 0.445. The maximum absolute atomic E-state index is 12.9. The maximum atomic E-state index is 12.9. The summed E-state index contributed by atoms with van der Waals surface area (Å²) in [5.41, 5.74) is -0.241. The number of nitrogens with zero attached hydrogens (tertiary/aromatic N) is 4. The van der Waals surface area contributed by atoms with Gasteiger partial charge in [-0.05, 0) is 39.0 Å². The second-order valence-corrected chi connectivity index (χ2v) is 6.34. The third-order valence-electron chi connectivity index (χ3n) is 4.28. The van der Waals surface area contributed by atoms with Crippen molar-refractivity contribution in [3.8, 4) is 5.69 Å². The van der Waals surface area contributed by atoms with Gasteiger partial charge in [-0.25, -0.2) is 19.1 Å². The van der Waals surface area contributed by atoms with Crippen molar-refractivity contribution in [2.45, 2.75) is 33.4 Å². The highest BCUT2D eigenvalue weighted by atomic mass is 35.5. The fourth-order valence-corrected chi connectivity index (χ4v) is 3.13. The van der Waals surface area contributed by atoms with Crippen LogP contribution in [0.5, 0.6) is 0 Å². The number of carbonyl (C=O) groups excluding carboxylic acids is 1. The van der Waals surface area contributed by atoms with Gasteiger partial charge in [0.15, 0.2) is 11.2 Å². The highest BCUT2D eigenvalue weighted by Gasteiger charge is 2.24. The van der Waals surface area contributed by atoms with Crippen molar-refractivity contribution in [1.82, 2.24) is 18.7 Å². The molecule has 0 fully saturated rings. The van der Waals surface area contributed by atoms with Crippen LogP contribution in [0.2, 0.25) is 5.02 Å². The van der Waals surface area contributed by atoms with E-state index >= 15 is 0 Å². The summed E-state index contributed by atoms with van der Waals surface area (Å²) in [5.74, 6) is -0.486. The van der Waals surface area contributed by atoms with Crippen molar-refractivity contribution >= 4 is 28.7 Å². The van der Waals surface area contributed by atoms with Crippen molar-refractivity contribution in [2.24, 2.45) is 0 Å². The molecule has 3 aromatic rings. The van der Waals surface area contributed by atoms with E-state index in [4.69, 9.17) is 16.3 Å². The van der Waals surface area contributed by atoms with E-state index in [0.29, 0.717) is 10.7 Å². The molecule has 0 bridgehead atoms. The summed E-state index contributed by atoms with van der Waals surface area (Å²) in [6.45, 7) is 5.42. The van der Waals surface area contributed by atoms with Crippen LogP contribution in [0.4, 0.5) is 0 Å². The van der Waals surface area contributed by atoms with E-state index in [2.05, 4.69) is 4.98 Å². The molecule has 0 aliphatic rings. The van der Waals surface area contributed by atoms with Crippen LogP contribution >= 0.6 is 11.6 Å². The first-order chi connectivity index (χ1) is 12.9. The first-order valence-corrected chi connectivity index (χ1v) is 8.93. The third kappa shape index (κ3) is 3.16. The number of ether oxygens (including phenoxy) is 1. The Hall–Kier alpha value is -2.87. The average Bonchev–Trinajstić information content (AvgIpc) is 3.06. The van der Waals surface area contributed by atoms with Gasteiger partial charge in [0.1, 0.15) is 6.04 Å². The minimum Gasteiger partial charge on any atom is -0.464 e. The molecule has 0 saturated carbocycles. The van der Waals surface area contributed by atoms with Crippen molar-refractivity contribution in [3.63, 3.8) is 0 Å². The molecule has 0 unspecified atom stereocenters. The summed E-state index contributed by atoms with van der Waals surface area (Å²) in [4.78, 5) is 42.2. The van der Waals surface area contributed by atoms with Crippen LogP contribution in [0, 0.1) is 0 Å². The van der Waals surface area contributed by atoms with Crippen molar-refractivity contribution in [1.29, 1.82) is 0 Å². The summed E-state index contributed by atoms with van der Waals surface area (Å²) >= 11 is 6.06. The number of esters is 1. The van der Waals surface area contributed by atoms with Gasteiger partial charge in [-0.1, -0.05) is 17.7 Å². The van der Waals surface area contributed by atoms with Gasteiger partial charge < -0.3 is 9.30 Å². The topological polar surface area (TPSA) is 88.1 Å². The number of fused-ring (bicyclic) bond motifs is 1. The van der Waals surface area contributed by atoms with E-state index < -0.39 is 23.3 Å². The molecule has 0 spiro atoms. The highest BCUT2D eigenvalue weighted by molar-refractivity contribution is 6.30. The molecule has 1 aromatic carbocycles. The average molecular weight is 391 g/mol. The molecule has 8 nitrogen and oxygen atoms in total. The molecule has 0 N–H and O–H groups in total. The van der Waals surface area contributed by atoms with Gasteiger partial charge in [0, 0.05) is 11.6 Å². The Morgan fingerprint density at radius 1 is 1.30 bits per heavy atom. The number of imidazole rings is 1. The number of hydrogen-bond donors (Lipinski definition) is 0. The van der Waals surface area contributed by atoms with Crippen LogP contribution in [-0.2, 0) is 16.1 Å². The molecule has 27 heavy (non-hydrogen) atoms. The smallest absolute Gasteiger partial charge is 0.337 e. The Morgan fingerprint density at radius 3 is 2.67 bits per heavy atom. The van der Waals surface area contributed by atoms with Gasteiger partial charge in [-0.3, -0.25) is 9.36 Å². The predicted octanol–water partition coefficient (Wildman–Crippen LogP) is 2.15. The van der Waals surface area contributed by atoms with E-state index in [9.17, 15) is 14.4 Å². The van der Waals surface area contributed by atoms with E-state index in [1.807, 2.05) is 0 Å². The minimum absolute atomic E-state index is 0.150. The van der Waals surface area contributed by atoms with E-state index in [1.54, 1.807) is 45.0 Å². The van der Waals surface area contributed by atoms with E-state index in [0.717, 1.165) is 4.57 Å². The standard InChI is InChI=1S/C18H19ClN4O4/c1-4-21-16(24)14-15(20-10-22(14)11(3)17(25)27-5-2)23(18(21)26)13-8-6-7-12(19)9-13/h6-11H,4-5H2,1-3H3/t11-/m1/s1. The molecule has 0 saturated heterocycles. The zero-order valence-electron chi connectivity index (χ0n) is 15.2. The summed E-state index contributed by atoms with van der Waals surface area (Å²) < 4.78 is 8.89. The lowest BCUT2D eigenvalue weighted by Gasteiger charge is -2.15. The molecular formula is C18H19ClN4O4. The quantitative estimate of drug-likeness (QED) is 0.623. The van der Waals surface area contributed by atoms with Crippen LogP contribution in [0.15, 0.2) is 40.2 Å². The van der Waals surface area contributed by atoms with Gasteiger partial charge in [-0.2, -0.15) is 0 Å². The van der Waals surface area contributed by atoms with Crippen molar-refractivity contribution < 1.29 is 9.53 Å². The summed E-state index contributed by atoms with van der Waals surface area (Å²) in [6, 6.07) is 5.93.